The Morgan fingerprint density at radius 1 is 0.971 bits per heavy atom. The van der Waals surface area contributed by atoms with Crippen LogP contribution < -0.4 is 5.32 Å². The normalized spacial score (nSPS) is 34.8. The number of rotatable bonds is 10. The number of hydrogen-bond acceptors (Lipinski definition) is 12. The second-order valence-corrected chi connectivity index (χ2v) is 9.75. The summed E-state index contributed by atoms with van der Waals surface area (Å²) in [6.07, 6.45) is -7.59. The van der Waals surface area contributed by atoms with E-state index >= 15 is 0 Å². The molecule has 2 unspecified atom stereocenters. The van der Waals surface area contributed by atoms with Gasteiger partial charge in [0.05, 0.1) is 32.1 Å². The van der Waals surface area contributed by atoms with E-state index in [0.29, 0.717) is 0 Å². The van der Waals surface area contributed by atoms with Crippen LogP contribution in [0, 0.1) is 0 Å². The third-order valence-corrected chi connectivity index (χ3v) is 5.83. The van der Waals surface area contributed by atoms with Gasteiger partial charge in [0.2, 0.25) is 0 Å². The van der Waals surface area contributed by atoms with Crippen LogP contribution in [0.4, 0.5) is 5.82 Å². The first-order valence-corrected chi connectivity index (χ1v) is 12.6. The molecule has 194 valence electrons. The van der Waals surface area contributed by atoms with E-state index in [1.807, 2.05) is 0 Å². The molecule has 2 aliphatic rings. The van der Waals surface area contributed by atoms with Gasteiger partial charge in [0.15, 0.2) is 12.5 Å². The van der Waals surface area contributed by atoms with Crippen LogP contribution in [0.3, 0.4) is 0 Å². The average molecular weight is 534 g/mol. The molecule has 0 amide bonds. The lowest BCUT2D eigenvalue weighted by atomic mass is 10.1. The van der Waals surface area contributed by atoms with Gasteiger partial charge in [-0.3, -0.25) is 13.6 Å². The average Bonchev–Trinajstić information content (AvgIpc) is 3.38. The fourth-order valence-electron chi connectivity index (χ4n) is 3.22. The zero-order valence-corrected chi connectivity index (χ0v) is 18.8. The molecule has 1 aromatic rings. The zero-order valence-electron chi connectivity index (χ0n) is 17.0. The fourth-order valence-corrected chi connectivity index (χ4v) is 3.91. The van der Waals surface area contributed by atoms with E-state index in [-0.39, 0.29) is 5.82 Å². The Morgan fingerprint density at radius 3 is 2.12 bits per heavy atom. The molecule has 2 fully saturated rings. The summed E-state index contributed by atoms with van der Waals surface area (Å²) in [6, 6.07) is 0. The highest BCUT2D eigenvalue weighted by atomic mass is 31.2. The Bertz CT molecular complexity index is 951. The summed E-state index contributed by atoms with van der Waals surface area (Å²) in [5.74, 6) is 0.172. The molecule has 0 aromatic carbocycles. The zero-order chi connectivity index (χ0) is 25.3. The van der Waals surface area contributed by atoms with Crippen LogP contribution in [0.1, 0.15) is 6.23 Å². The third kappa shape index (κ3) is 6.87. The first-order valence-electron chi connectivity index (χ1n) is 9.50. The molecule has 9 N–H and O–H groups in total. The Balaban J connectivity index is 1.60. The van der Waals surface area contributed by atoms with Crippen LogP contribution in [0.25, 0.3) is 0 Å². The van der Waals surface area contributed by atoms with Crippen molar-refractivity contribution in [3.05, 3.63) is 12.5 Å². The molecule has 0 aliphatic carbocycles. The summed E-state index contributed by atoms with van der Waals surface area (Å²) >= 11 is 0. The summed E-state index contributed by atoms with van der Waals surface area (Å²) < 4.78 is 42.1. The SMILES string of the molecule is O=P(O)(O)OC[C@H]1OC(N=CNc2cncn2C2O[C@H](COP(=O)(O)O)[C@@H](O)[C@H]2O)[C@H](O)[C@@H]1O. The molecule has 0 saturated carbocycles. The number of phosphoric ester groups is 2. The monoisotopic (exact) mass is 534 g/mol. The Hall–Kier alpha value is -1.34. The smallest absolute Gasteiger partial charge is 0.387 e. The van der Waals surface area contributed by atoms with Crippen molar-refractivity contribution >= 4 is 27.8 Å². The highest BCUT2D eigenvalue weighted by Crippen LogP contribution is 2.39. The Morgan fingerprint density at radius 2 is 1.53 bits per heavy atom. The largest absolute Gasteiger partial charge is 0.469 e. The van der Waals surface area contributed by atoms with E-state index in [1.165, 1.54) is 17.1 Å². The molecule has 0 radical (unpaired) electrons. The van der Waals surface area contributed by atoms with E-state index in [0.717, 1.165) is 6.34 Å². The van der Waals surface area contributed by atoms with Crippen molar-refractivity contribution in [2.24, 2.45) is 4.99 Å². The van der Waals surface area contributed by atoms with Gasteiger partial charge in [0.1, 0.15) is 42.4 Å². The third-order valence-electron chi connectivity index (χ3n) is 4.86. The molecule has 20 heteroatoms. The van der Waals surface area contributed by atoms with Crippen LogP contribution in [-0.2, 0) is 27.7 Å². The number of hydrogen-bond donors (Lipinski definition) is 9. The number of aliphatic hydroxyl groups excluding tert-OH is 4. The number of nitrogens with zero attached hydrogens (tertiary/aromatic N) is 3. The lowest BCUT2D eigenvalue weighted by Gasteiger charge is -2.18. The molecule has 8 atom stereocenters. The standard InChI is InChI=1S/C14H24N4O14P2/c19-9-6(2-29-33(23,24)25)31-13(11(9)21)17-4-16-8-1-15-5-18(8)14-12(22)10(20)7(32-14)3-30-34(26,27)28/h1,4-7,9-14,19-22H,2-3H2,(H,16,17)(H2,23,24,25)(H2,26,27,28)/t6-,7-,9-,10-,11-,12-,13?,14?/m1/s1. The van der Waals surface area contributed by atoms with Crippen molar-refractivity contribution in [2.75, 3.05) is 18.5 Å². The lowest BCUT2D eigenvalue weighted by Crippen LogP contribution is -2.34. The molecule has 18 nitrogen and oxygen atoms in total. The summed E-state index contributed by atoms with van der Waals surface area (Å²) in [7, 11) is -9.64. The van der Waals surface area contributed by atoms with Crippen molar-refractivity contribution in [2.45, 2.75) is 49.1 Å². The highest BCUT2D eigenvalue weighted by molar-refractivity contribution is 7.46. The maximum atomic E-state index is 10.9. The van der Waals surface area contributed by atoms with Crippen LogP contribution in [0.5, 0.6) is 0 Å². The highest BCUT2D eigenvalue weighted by Gasteiger charge is 2.45. The molecule has 1 aromatic heterocycles. The fraction of sp³-hybridized carbons (Fsp3) is 0.714. The Kier molecular flexibility index (Phi) is 8.60. The van der Waals surface area contributed by atoms with Crippen molar-refractivity contribution in [3.8, 4) is 0 Å². The van der Waals surface area contributed by atoms with Crippen molar-refractivity contribution < 1.29 is 67.7 Å². The number of aromatic nitrogens is 2. The van der Waals surface area contributed by atoms with Gasteiger partial charge in [-0.2, -0.15) is 0 Å². The number of aliphatic imine (C=N–C) groups is 1. The molecule has 2 saturated heterocycles. The topological polar surface area (TPSA) is 275 Å². The summed E-state index contributed by atoms with van der Waals surface area (Å²) in [4.78, 5) is 42.8. The molecule has 3 rings (SSSR count). The molecule has 3 heterocycles. The van der Waals surface area contributed by atoms with E-state index in [4.69, 9.17) is 29.0 Å². The molecular weight excluding hydrogens is 510 g/mol. The van der Waals surface area contributed by atoms with Gasteiger partial charge in [-0.05, 0) is 0 Å². The number of imidazole rings is 1. The minimum Gasteiger partial charge on any atom is -0.387 e. The van der Waals surface area contributed by atoms with E-state index < -0.39 is 77.9 Å². The number of nitrogens with one attached hydrogen (secondary N) is 1. The lowest BCUT2D eigenvalue weighted by molar-refractivity contribution is -0.0510. The molecule has 2 aliphatic heterocycles. The van der Waals surface area contributed by atoms with Gasteiger partial charge in [0, 0.05) is 0 Å². The number of ether oxygens (including phenoxy) is 2. The molecular formula is C14H24N4O14P2. The van der Waals surface area contributed by atoms with Crippen LogP contribution in [0.15, 0.2) is 17.5 Å². The second kappa shape index (κ2) is 10.7. The number of anilines is 1. The predicted molar refractivity (Wildman–Crippen MR) is 107 cm³/mol. The van der Waals surface area contributed by atoms with Gasteiger partial charge in [-0.25, -0.2) is 19.1 Å². The van der Waals surface area contributed by atoms with Gasteiger partial charge >= 0.3 is 15.6 Å². The summed E-state index contributed by atoms with van der Waals surface area (Å²) in [5, 5.41) is 43.0. The maximum absolute atomic E-state index is 10.9. The van der Waals surface area contributed by atoms with Gasteiger partial charge < -0.3 is 54.8 Å². The van der Waals surface area contributed by atoms with E-state index in [2.05, 4.69) is 24.3 Å². The van der Waals surface area contributed by atoms with E-state index in [1.54, 1.807) is 0 Å². The molecule has 34 heavy (non-hydrogen) atoms. The molecule has 0 bridgehead atoms. The van der Waals surface area contributed by atoms with Crippen molar-refractivity contribution in [3.63, 3.8) is 0 Å². The predicted octanol–water partition coefficient (Wildman–Crippen LogP) is -3.39. The first-order chi connectivity index (χ1) is 15.8. The maximum Gasteiger partial charge on any atom is 0.469 e. The second-order valence-electron chi connectivity index (χ2n) is 7.27. The summed E-state index contributed by atoms with van der Waals surface area (Å²) in [6.45, 7) is -1.38. The van der Waals surface area contributed by atoms with Crippen LogP contribution >= 0.6 is 15.6 Å². The number of phosphoric acid groups is 2. The summed E-state index contributed by atoms with van der Waals surface area (Å²) in [5.41, 5.74) is 0. The minimum atomic E-state index is -4.82. The van der Waals surface area contributed by atoms with E-state index in [9.17, 15) is 29.6 Å². The first kappa shape index (κ1) is 27.3. The van der Waals surface area contributed by atoms with Gasteiger partial charge in [-0.1, -0.05) is 0 Å². The van der Waals surface area contributed by atoms with Crippen molar-refractivity contribution in [1.82, 2.24) is 9.55 Å². The number of aliphatic hydroxyl groups is 4. The Labute approximate surface area is 190 Å². The molecule has 0 spiro atoms. The quantitative estimate of drug-likeness (QED) is 0.0804. The van der Waals surface area contributed by atoms with Crippen LogP contribution in [0.2, 0.25) is 0 Å². The minimum absolute atomic E-state index is 0.172. The van der Waals surface area contributed by atoms with Crippen LogP contribution in [-0.4, -0.2) is 112 Å². The van der Waals surface area contributed by atoms with Crippen molar-refractivity contribution in [1.29, 1.82) is 0 Å². The van der Waals surface area contributed by atoms with Gasteiger partial charge in [0.25, 0.3) is 0 Å². The van der Waals surface area contributed by atoms with Gasteiger partial charge in [-0.15, -0.1) is 0 Å².